The standard InChI is InChI=1S/C23H22ClNS/c1-16(13-17-7-3-2-4-8-17)25-21-15-18-14-19(24)11-12-22(18)26-23-10-6-5-9-20(21)23/h2-12,14,16,21,25H,13,15H2,1H3/p+1/t16-,21-/m0/s1. The van der Waals surface area contributed by atoms with Crippen molar-refractivity contribution in [1.82, 2.24) is 0 Å². The first kappa shape index (κ1) is 17.7. The summed E-state index contributed by atoms with van der Waals surface area (Å²) in [5, 5.41) is 3.36. The van der Waals surface area contributed by atoms with Crippen molar-refractivity contribution < 1.29 is 5.32 Å². The molecule has 0 fully saturated rings. The van der Waals surface area contributed by atoms with Crippen LogP contribution in [-0.2, 0) is 12.8 Å². The van der Waals surface area contributed by atoms with Gasteiger partial charge in [0.25, 0.3) is 0 Å². The van der Waals surface area contributed by atoms with Crippen LogP contribution in [0.15, 0.2) is 82.6 Å². The average Bonchev–Trinajstić information content (AvgIpc) is 2.79. The predicted molar refractivity (Wildman–Crippen MR) is 110 cm³/mol. The molecule has 0 aliphatic carbocycles. The minimum absolute atomic E-state index is 0.414. The first-order valence-electron chi connectivity index (χ1n) is 9.13. The van der Waals surface area contributed by atoms with Gasteiger partial charge in [0.1, 0.15) is 6.04 Å². The van der Waals surface area contributed by atoms with Crippen molar-refractivity contribution in [1.29, 1.82) is 0 Å². The van der Waals surface area contributed by atoms with Gasteiger partial charge in [-0.15, -0.1) is 0 Å². The maximum Gasteiger partial charge on any atom is 0.117 e. The molecule has 0 unspecified atom stereocenters. The molecular formula is C23H23ClNS+. The van der Waals surface area contributed by atoms with E-state index in [-0.39, 0.29) is 0 Å². The molecule has 3 aromatic carbocycles. The summed E-state index contributed by atoms with van der Waals surface area (Å²) in [5.41, 5.74) is 4.19. The van der Waals surface area contributed by atoms with Crippen LogP contribution >= 0.6 is 23.4 Å². The summed E-state index contributed by atoms with van der Waals surface area (Å²) in [4.78, 5) is 2.69. The molecule has 26 heavy (non-hydrogen) atoms. The first-order chi connectivity index (χ1) is 12.7. The fourth-order valence-corrected chi connectivity index (χ4v) is 5.10. The molecule has 4 rings (SSSR count). The molecule has 1 heterocycles. The topological polar surface area (TPSA) is 16.6 Å². The minimum Gasteiger partial charge on any atom is -0.337 e. The zero-order valence-corrected chi connectivity index (χ0v) is 16.4. The van der Waals surface area contributed by atoms with Gasteiger partial charge in [-0.25, -0.2) is 0 Å². The largest absolute Gasteiger partial charge is 0.337 e. The highest BCUT2D eigenvalue weighted by atomic mass is 35.5. The van der Waals surface area contributed by atoms with E-state index in [4.69, 9.17) is 11.6 Å². The second kappa shape index (κ2) is 7.87. The Kier molecular flexibility index (Phi) is 5.35. The number of rotatable bonds is 4. The highest BCUT2D eigenvalue weighted by molar-refractivity contribution is 7.99. The summed E-state index contributed by atoms with van der Waals surface area (Å²) < 4.78 is 0. The molecule has 0 amide bonds. The Morgan fingerprint density at radius 3 is 2.62 bits per heavy atom. The lowest BCUT2D eigenvalue weighted by Gasteiger charge is -2.21. The number of nitrogens with two attached hydrogens (primary N) is 1. The molecule has 1 nitrogen and oxygen atoms in total. The maximum atomic E-state index is 6.28. The van der Waals surface area contributed by atoms with Gasteiger partial charge in [0.2, 0.25) is 0 Å². The van der Waals surface area contributed by atoms with Crippen molar-refractivity contribution in [2.75, 3.05) is 0 Å². The predicted octanol–water partition coefficient (Wildman–Crippen LogP) is 5.28. The molecule has 0 saturated heterocycles. The van der Waals surface area contributed by atoms with Gasteiger partial charge in [-0.3, -0.25) is 0 Å². The van der Waals surface area contributed by atoms with Crippen molar-refractivity contribution in [2.45, 2.75) is 41.6 Å². The van der Waals surface area contributed by atoms with E-state index < -0.39 is 0 Å². The third kappa shape index (κ3) is 3.98. The maximum absolute atomic E-state index is 6.28. The zero-order valence-electron chi connectivity index (χ0n) is 14.9. The Morgan fingerprint density at radius 1 is 1.00 bits per heavy atom. The van der Waals surface area contributed by atoms with Gasteiger partial charge in [0.05, 0.1) is 6.04 Å². The van der Waals surface area contributed by atoms with Crippen molar-refractivity contribution in [3.63, 3.8) is 0 Å². The number of fused-ring (bicyclic) bond motifs is 2. The summed E-state index contributed by atoms with van der Waals surface area (Å²) in [6, 6.07) is 26.8. The Morgan fingerprint density at radius 2 is 1.77 bits per heavy atom. The molecule has 3 heteroatoms. The van der Waals surface area contributed by atoms with Gasteiger partial charge >= 0.3 is 0 Å². The Bertz CT molecular complexity index is 894. The third-order valence-corrected chi connectivity index (χ3v) is 6.41. The van der Waals surface area contributed by atoms with E-state index in [0.29, 0.717) is 12.1 Å². The highest BCUT2D eigenvalue weighted by Gasteiger charge is 2.26. The van der Waals surface area contributed by atoms with Crippen LogP contribution in [0.1, 0.15) is 29.7 Å². The normalized spacial score (nSPS) is 17.1. The smallest absolute Gasteiger partial charge is 0.117 e. The van der Waals surface area contributed by atoms with Crippen LogP contribution in [0.2, 0.25) is 5.02 Å². The van der Waals surface area contributed by atoms with Crippen molar-refractivity contribution in [3.8, 4) is 0 Å². The number of hydrogen-bond acceptors (Lipinski definition) is 1. The molecule has 2 N–H and O–H groups in total. The lowest BCUT2D eigenvalue weighted by atomic mass is 9.97. The second-order valence-corrected chi connectivity index (χ2v) is 8.58. The summed E-state index contributed by atoms with van der Waals surface area (Å²) in [6.45, 7) is 2.33. The first-order valence-corrected chi connectivity index (χ1v) is 10.3. The van der Waals surface area contributed by atoms with E-state index in [9.17, 15) is 0 Å². The molecule has 0 aromatic heterocycles. The van der Waals surface area contributed by atoms with E-state index >= 15 is 0 Å². The van der Waals surface area contributed by atoms with E-state index in [1.807, 2.05) is 17.8 Å². The second-order valence-electron chi connectivity index (χ2n) is 7.06. The van der Waals surface area contributed by atoms with Crippen molar-refractivity contribution >= 4 is 23.4 Å². The molecular weight excluding hydrogens is 358 g/mol. The van der Waals surface area contributed by atoms with Crippen molar-refractivity contribution in [2.24, 2.45) is 0 Å². The molecule has 132 valence electrons. The molecule has 1 aliphatic rings. The van der Waals surface area contributed by atoms with Crippen LogP contribution in [0, 0.1) is 0 Å². The monoisotopic (exact) mass is 380 g/mol. The zero-order chi connectivity index (χ0) is 17.9. The van der Waals surface area contributed by atoms with Gasteiger partial charge in [-0.05, 0) is 42.3 Å². The Hall–Kier alpha value is -1.74. The quantitative estimate of drug-likeness (QED) is 0.651. The third-order valence-electron chi connectivity index (χ3n) is 4.96. The highest BCUT2D eigenvalue weighted by Crippen LogP contribution is 2.40. The van der Waals surface area contributed by atoms with E-state index in [1.54, 1.807) is 0 Å². The fraction of sp³-hybridized carbons (Fsp3) is 0.217. The summed E-state index contributed by atoms with van der Waals surface area (Å²) in [6.07, 6.45) is 2.09. The van der Waals surface area contributed by atoms with E-state index in [2.05, 4.69) is 79.0 Å². The lowest BCUT2D eigenvalue weighted by molar-refractivity contribution is -0.725. The molecule has 0 saturated carbocycles. The van der Waals surface area contributed by atoms with Gasteiger partial charge < -0.3 is 5.32 Å². The summed E-state index contributed by atoms with van der Waals surface area (Å²) in [7, 11) is 0. The number of halogens is 1. The average molecular weight is 381 g/mol. The number of benzene rings is 3. The molecule has 1 aliphatic heterocycles. The van der Waals surface area contributed by atoms with Crippen LogP contribution in [-0.4, -0.2) is 6.04 Å². The molecule has 0 bridgehead atoms. The van der Waals surface area contributed by atoms with Gasteiger partial charge in [0.15, 0.2) is 0 Å². The number of hydrogen-bond donors (Lipinski definition) is 1. The fourth-order valence-electron chi connectivity index (χ4n) is 3.77. The Balaban J connectivity index is 1.61. The van der Waals surface area contributed by atoms with Crippen LogP contribution in [0.25, 0.3) is 0 Å². The minimum atomic E-state index is 0.414. The van der Waals surface area contributed by atoms with E-state index in [0.717, 1.165) is 17.9 Å². The SMILES string of the molecule is C[C@@H](Cc1ccccc1)[NH2+][C@H]1Cc2cc(Cl)ccc2Sc2ccccc21. The molecule has 0 radical (unpaired) electrons. The van der Waals surface area contributed by atoms with E-state index in [1.165, 1.54) is 26.5 Å². The lowest BCUT2D eigenvalue weighted by Crippen LogP contribution is -2.91. The molecule has 3 aromatic rings. The van der Waals surface area contributed by atoms with Crippen molar-refractivity contribution in [3.05, 3.63) is 94.5 Å². The van der Waals surface area contributed by atoms with Gasteiger partial charge in [0, 0.05) is 33.2 Å². The summed E-state index contributed by atoms with van der Waals surface area (Å²) >= 11 is 8.15. The summed E-state index contributed by atoms with van der Waals surface area (Å²) in [5.74, 6) is 0. The molecule has 0 spiro atoms. The Labute approximate surface area is 164 Å². The molecule has 2 atom stereocenters. The van der Waals surface area contributed by atoms with Crippen LogP contribution in [0.3, 0.4) is 0 Å². The van der Waals surface area contributed by atoms with Gasteiger partial charge in [-0.2, -0.15) is 0 Å². The number of quaternary nitrogens is 1. The van der Waals surface area contributed by atoms with Gasteiger partial charge in [-0.1, -0.05) is 71.9 Å². The van der Waals surface area contributed by atoms with Crippen LogP contribution < -0.4 is 5.32 Å². The van der Waals surface area contributed by atoms with Crippen LogP contribution in [0.4, 0.5) is 0 Å². The van der Waals surface area contributed by atoms with Crippen LogP contribution in [0.5, 0.6) is 0 Å².